The van der Waals surface area contributed by atoms with Gasteiger partial charge < -0.3 is 0 Å². The third-order valence-corrected chi connectivity index (χ3v) is 3.93. The third-order valence-electron chi connectivity index (χ3n) is 3.12. The van der Waals surface area contributed by atoms with Gasteiger partial charge in [0.2, 0.25) is 0 Å². The first kappa shape index (κ1) is 14.7. The Hall–Kier alpha value is -1.73. The minimum absolute atomic E-state index is 0.183. The maximum Gasteiger partial charge on any atom is 0.273 e. The molecule has 2 N–H and O–H groups in total. The van der Waals surface area contributed by atoms with Crippen LogP contribution in [0.3, 0.4) is 0 Å². The lowest BCUT2D eigenvalue weighted by atomic mass is 10.0. The highest BCUT2D eigenvalue weighted by atomic mass is 32.2. The molecule has 108 valence electrons. The van der Waals surface area contributed by atoms with Gasteiger partial charge in [0.1, 0.15) is 0 Å². The van der Waals surface area contributed by atoms with Crippen LogP contribution in [0.5, 0.6) is 0 Å². The van der Waals surface area contributed by atoms with E-state index in [0.29, 0.717) is 12.4 Å². The van der Waals surface area contributed by atoms with Gasteiger partial charge in [-0.3, -0.25) is 4.57 Å². The van der Waals surface area contributed by atoms with Gasteiger partial charge in [-0.1, -0.05) is 25.1 Å². The Morgan fingerprint density at radius 2 is 1.80 bits per heavy atom. The SMILES string of the molecule is CCCn1c(-c2c(C)cccc2C)nnc1S(N)(=O)=O. The maximum atomic E-state index is 11.6. The Morgan fingerprint density at radius 3 is 2.30 bits per heavy atom. The van der Waals surface area contributed by atoms with Crippen LogP contribution in [-0.4, -0.2) is 23.2 Å². The van der Waals surface area contributed by atoms with Gasteiger partial charge in [0.15, 0.2) is 5.82 Å². The summed E-state index contributed by atoms with van der Waals surface area (Å²) in [5.74, 6) is 0.548. The molecule has 0 fully saturated rings. The van der Waals surface area contributed by atoms with E-state index in [0.717, 1.165) is 23.1 Å². The van der Waals surface area contributed by atoms with Crippen molar-refractivity contribution in [2.45, 2.75) is 38.9 Å². The molecule has 2 aromatic rings. The number of primary sulfonamides is 1. The van der Waals surface area contributed by atoms with Crippen LogP contribution in [-0.2, 0) is 16.6 Å². The van der Waals surface area contributed by atoms with Crippen LogP contribution in [0.1, 0.15) is 24.5 Å². The van der Waals surface area contributed by atoms with Gasteiger partial charge in [0, 0.05) is 12.1 Å². The fourth-order valence-electron chi connectivity index (χ4n) is 2.28. The Morgan fingerprint density at radius 1 is 1.20 bits per heavy atom. The van der Waals surface area contributed by atoms with Gasteiger partial charge in [-0.15, -0.1) is 10.2 Å². The minimum Gasteiger partial charge on any atom is -0.297 e. The first-order valence-electron chi connectivity index (χ1n) is 6.38. The number of aromatic nitrogens is 3. The van der Waals surface area contributed by atoms with E-state index < -0.39 is 10.0 Å². The number of nitrogens with zero attached hydrogens (tertiary/aromatic N) is 3. The molecule has 1 aromatic carbocycles. The van der Waals surface area contributed by atoms with Crippen molar-refractivity contribution >= 4 is 10.0 Å². The van der Waals surface area contributed by atoms with Crippen LogP contribution in [0.25, 0.3) is 11.4 Å². The molecule has 0 amide bonds. The highest BCUT2D eigenvalue weighted by Gasteiger charge is 2.23. The van der Waals surface area contributed by atoms with Crippen molar-refractivity contribution in [1.82, 2.24) is 14.8 Å². The van der Waals surface area contributed by atoms with Crippen LogP contribution in [0.4, 0.5) is 0 Å². The number of nitrogens with two attached hydrogens (primary N) is 1. The van der Waals surface area contributed by atoms with Crippen molar-refractivity contribution in [3.8, 4) is 11.4 Å². The van der Waals surface area contributed by atoms with Crippen molar-refractivity contribution in [2.24, 2.45) is 5.14 Å². The van der Waals surface area contributed by atoms with Gasteiger partial charge in [0.25, 0.3) is 15.2 Å². The summed E-state index contributed by atoms with van der Waals surface area (Å²) in [6, 6.07) is 5.88. The van der Waals surface area contributed by atoms with Crippen LogP contribution < -0.4 is 5.14 Å². The van der Waals surface area contributed by atoms with Crippen molar-refractivity contribution in [2.75, 3.05) is 0 Å². The predicted octanol–water partition coefficient (Wildman–Crippen LogP) is 1.62. The van der Waals surface area contributed by atoms with Crippen molar-refractivity contribution < 1.29 is 8.42 Å². The van der Waals surface area contributed by atoms with Gasteiger partial charge in [-0.05, 0) is 31.4 Å². The molecule has 0 saturated heterocycles. The summed E-state index contributed by atoms with van der Waals surface area (Å²) < 4.78 is 24.8. The number of benzene rings is 1. The lowest BCUT2D eigenvalue weighted by Crippen LogP contribution is -2.19. The predicted molar refractivity (Wildman–Crippen MR) is 76.6 cm³/mol. The minimum atomic E-state index is -3.88. The van der Waals surface area contributed by atoms with Crippen molar-refractivity contribution in [1.29, 1.82) is 0 Å². The van der Waals surface area contributed by atoms with Gasteiger partial charge >= 0.3 is 0 Å². The summed E-state index contributed by atoms with van der Waals surface area (Å²) >= 11 is 0. The number of rotatable bonds is 4. The normalized spacial score (nSPS) is 11.8. The second-order valence-electron chi connectivity index (χ2n) is 4.77. The average Bonchev–Trinajstić information content (AvgIpc) is 2.73. The highest BCUT2D eigenvalue weighted by molar-refractivity contribution is 7.89. The Bertz CT molecular complexity index is 715. The number of sulfonamides is 1. The van der Waals surface area contributed by atoms with E-state index in [9.17, 15) is 8.42 Å². The summed E-state index contributed by atoms with van der Waals surface area (Å²) in [7, 11) is -3.88. The molecule has 0 aliphatic rings. The molecule has 1 heterocycles. The van der Waals surface area contributed by atoms with Gasteiger partial charge in [-0.25, -0.2) is 13.6 Å². The summed E-state index contributed by atoms with van der Waals surface area (Å²) in [4.78, 5) is 0. The second-order valence-corrected chi connectivity index (χ2v) is 6.22. The molecule has 0 aliphatic carbocycles. The van der Waals surface area contributed by atoms with E-state index in [-0.39, 0.29) is 5.16 Å². The lowest BCUT2D eigenvalue weighted by molar-refractivity contribution is 0.559. The summed E-state index contributed by atoms with van der Waals surface area (Å²) in [5.41, 5.74) is 2.95. The molecule has 7 heteroatoms. The van der Waals surface area contributed by atoms with Gasteiger partial charge in [-0.2, -0.15) is 0 Å². The third kappa shape index (κ3) is 2.59. The van der Waals surface area contributed by atoms with Crippen molar-refractivity contribution in [3.05, 3.63) is 29.3 Å². The zero-order chi connectivity index (χ0) is 14.9. The number of hydrogen-bond acceptors (Lipinski definition) is 4. The lowest BCUT2D eigenvalue weighted by Gasteiger charge is -2.12. The first-order valence-corrected chi connectivity index (χ1v) is 7.93. The number of aryl methyl sites for hydroxylation is 2. The summed E-state index contributed by atoms with van der Waals surface area (Å²) in [5, 5.41) is 12.8. The van der Waals surface area contributed by atoms with Gasteiger partial charge in [0.05, 0.1) is 0 Å². The fourth-order valence-corrected chi connectivity index (χ4v) is 2.92. The maximum absolute atomic E-state index is 11.6. The Balaban J connectivity index is 2.73. The molecule has 0 unspecified atom stereocenters. The molecule has 6 nitrogen and oxygen atoms in total. The Labute approximate surface area is 118 Å². The molecule has 0 aliphatic heterocycles. The van der Waals surface area contributed by atoms with E-state index in [4.69, 9.17) is 5.14 Å². The summed E-state index contributed by atoms with van der Waals surface area (Å²) in [6.45, 7) is 6.39. The van der Waals surface area contributed by atoms with E-state index in [1.165, 1.54) is 0 Å². The molecule has 0 radical (unpaired) electrons. The highest BCUT2D eigenvalue weighted by Crippen LogP contribution is 2.27. The molecule has 20 heavy (non-hydrogen) atoms. The van der Waals surface area contributed by atoms with Crippen LogP contribution in [0, 0.1) is 13.8 Å². The second kappa shape index (κ2) is 5.34. The molecule has 0 atom stereocenters. The number of hydrogen-bond donors (Lipinski definition) is 1. The monoisotopic (exact) mass is 294 g/mol. The standard InChI is InChI=1S/C13H18N4O2S/c1-4-8-17-12(15-16-13(17)20(14,18)19)11-9(2)6-5-7-10(11)3/h5-7H,4,8H2,1-3H3,(H2,14,18,19). The Kier molecular flexibility index (Phi) is 3.92. The van der Waals surface area contributed by atoms with E-state index in [1.54, 1.807) is 4.57 Å². The quantitative estimate of drug-likeness (QED) is 0.927. The van der Waals surface area contributed by atoms with E-state index in [1.807, 2.05) is 39.0 Å². The average molecular weight is 294 g/mol. The molecule has 0 saturated carbocycles. The molecular weight excluding hydrogens is 276 g/mol. The molecular formula is C13H18N4O2S. The van der Waals surface area contributed by atoms with Crippen molar-refractivity contribution in [3.63, 3.8) is 0 Å². The van der Waals surface area contributed by atoms with E-state index in [2.05, 4.69) is 10.2 Å². The topological polar surface area (TPSA) is 90.9 Å². The zero-order valence-electron chi connectivity index (χ0n) is 11.8. The molecule has 0 bridgehead atoms. The molecule has 0 spiro atoms. The summed E-state index contributed by atoms with van der Waals surface area (Å²) in [6.07, 6.45) is 0.762. The fraction of sp³-hybridized carbons (Fsp3) is 0.385. The molecule has 2 rings (SSSR count). The zero-order valence-corrected chi connectivity index (χ0v) is 12.6. The van der Waals surface area contributed by atoms with E-state index >= 15 is 0 Å². The first-order chi connectivity index (χ1) is 9.36. The smallest absolute Gasteiger partial charge is 0.273 e. The van der Waals surface area contributed by atoms with Crippen LogP contribution in [0.2, 0.25) is 0 Å². The molecule has 1 aromatic heterocycles. The van der Waals surface area contributed by atoms with Crippen LogP contribution >= 0.6 is 0 Å². The van der Waals surface area contributed by atoms with Crippen LogP contribution in [0.15, 0.2) is 23.4 Å². The largest absolute Gasteiger partial charge is 0.297 e.